The summed E-state index contributed by atoms with van der Waals surface area (Å²) in [5, 5.41) is 3.97. The van der Waals surface area contributed by atoms with E-state index in [0.717, 1.165) is 5.56 Å². The first-order valence-corrected chi connectivity index (χ1v) is 8.97. The van der Waals surface area contributed by atoms with Crippen molar-refractivity contribution in [2.75, 3.05) is 18.0 Å². The van der Waals surface area contributed by atoms with E-state index in [9.17, 15) is 14.0 Å². The minimum absolute atomic E-state index is 0.141. The molecular weight excluding hydrogens is 378 g/mol. The Morgan fingerprint density at radius 2 is 1.92 bits per heavy atom. The van der Waals surface area contributed by atoms with Crippen LogP contribution in [0, 0.1) is 11.7 Å². The monoisotopic (exact) mass is 394 g/mol. The number of amides is 2. The van der Waals surface area contributed by atoms with Crippen molar-refractivity contribution in [2.45, 2.75) is 12.8 Å². The standard InChI is InChI=1S/C19H17Cl2FN2O2/c20-14-2-1-12(17(21)10-14)7-8-23-19(26)13-9-18(25)24(11-13)16-5-3-15(22)4-6-16/h1-6,10,13H,7-9,11H2,(H,23,26). The third-order valence-electron chi connectivity index (χ3n) is 4.34. The Balaban J connectivity index is 1.54. The highest BCUT2D eigenvalue weighted by Gasteiger charge is 2.34. The van der Waals surface area contributed by atoms with Crippen LogP contribution in [0.2, 0.25) is 10.0 Å². The smallest absolute Gasteiger partial charge is 0.227 e. The number of hydrogen-bond acceptors (Lipinski definition) is 2. The molecule has 1 atom stereocenters. The van der Waals surface area contributed by atoms with E-state index in [0.29, 0.717) is 28.7 Å². The molecule has 0 saturated carbocycles. The fourth-order valence-corrected chi connectivity index (χ4v) is 3.45. The summed E-state index contributed by atoms with van der Waals surface area (Å²) in [5.41, 5.74) is 1.49. The number of carbonyl (C=O) groups excluding carboxylic acids is 2. The molecule has 1 saturated heterocycles. The van der Waals surface area contributed by atoms with Crippen LogP contribution in [-0.4, -0.2) is 24.9 Å². The molecule has 136 valence electrons. The average molecular weight is 395 g/mol. The van der Waals surface area contributed by atoms with E-state index in [2.05, 4.69) is 5.32 Å². The number of halogens is 3. The molecule has 1 heterocycles. The van der Waals surface area contributed by atoms with E-state index in [1.54, 1.807) is 12.1 Å². The van der Waals surface area contributed by atoms with Gasteiger partial charge in [0.1, 0.15) is 5.82 Å². The Kier molecular flexibility index (Phi) is 5.79. The normalized spacial score (nSPS) is 16.8. The lowest BCUT2D eigenvalue weighted by Crippen LogP contribution is -2.34. The number of hydrogen-bond donors (Lipinski definition) is 1. The molecule has 0 aliphatic carbocycles. The summed E-state index contributed by atoms with van der Waals surface area (Å²) in [7, 11) is 0. The minimum atomic E-state index is -0.423. The summed E-state index contributed by atoms with van der Waals surface area (Å²) in [4.78, 5) is 26.0. The summed E-state index contributed by atoms with van der Waals surface area (Å²) < 4.78 is 13.0. The third-order valence-corrected chi connectivity index (χ3v) is 4.93. The molecule has 1 aliphatic heterocycles. The Labute approximate surface area is 160 Å². The third kappa shape index (κ3) is 4.34. The van der Waals surface area contributed by atoms with Crippen LogP contribution < -0.4 is 10.2 Å². The van der Waals surface area contributed by atoms with Gasteiger partial charge in [0.25, 0.3) is 0 Å². The second-order valence-corrected chi connectivity index (χ2v) is 7.00. The molecule has 1 fully saturated rings. The van der Waals surface area contributed by atoms with Gasteiger partial charge in [0.15, 0.2) is 0 Å². The Morgan fingerprint density at radius 1 is 1.19 bits per heavy atom. The van der Waals surface area contributed by atoms with Crippen molar-refractivity contribution in [3.05, 3.63) is 63.9 Å². The van der Waals surface area contributed by atoms with Crippen molar-refractivity contribution in [3.8, 4) is 0 Å². The van der Waals surface area contributed by atoms with Crippen LogP contribution in [0.15, 0.2) is 42.5 Å². The molecule has 2 aromatic carbocycles. The zero-order chi connectivity index (χ0) is 18.7. The molecule has 0 spiro atoms. The molecule has 1 aliphatic rings. The number of nitrogens with zero attached hydrogens (tertiary/aromatic N) is 1. The van der Waals surface area contributed by atoms with Crippen LogP contribution in [0.5, 0.6) is 0 Å². The maximum Gasteiger partial charge on any atom is 0.227 e. The molecule has 3 rings (SSSR count). The highest BCUT2D eigenvalue weighted by atomic mass is 35.5. The number of anilines is 1. The Hall–Kier alpha value is -2.11. The van der Waals surface area contributed by atoms with Gasteiger partial charge in [-0.3, -0.25) is 9.59 Å². The van der Waals surface area contributed by atoms with Crippen molar-refractivity contribution in [1.29, 1.82) is 0 Å². The molecule has 4 nitrogen and oxygen atoms in total. The topological polar surface area (TPSA) is 49.4 Å². The molecule has 26 heavy (non-hydrogen) atoms. The summed E-state index contributed by atoms with van der Waals surface area (Å²) in [6.07, 6.45) is 0.717. The van der Waals surface area contributed by atoms with E-state index in [1.807, 2.05) is 6.07 Å². The first kappa shape index (κ1) is 18.7. The highest BCUT2D eigenvalue weighted by Crippen LogP contribution is 2.25. The van der Waals surface area contributed by atoms with Gasteiger partial charge in [-0.1, -0.05) is 29.3 Å². The predicted molar refractivity (Wildman–Crippen MR) is 100 cm³/mol. The lowest BCUT2D eigenvalue weighted by Gasteiger charge is -2.16. The number of rotatable bonds is 5. The van der Waals surface area contributed by atoms with Crippen LogP contribution >= 0.6 is 23.2 Å². The van der Waals surface area contributed by atoms with E-state index in [4.69, 9.17) is 23.2 Å². The van der Waals surface area contributed by atoms with Crippen molar-refractivity contribution in [1.82, 2.24) is 5.32 Å². The van der Waals surface area contributed by atoms with E-state index < -0.39 is 5.92 Å². The lowest BCUT2D eigenvalue weighted by molar-refractivity contribution is -0.126. The van der Waals surface area contributed by atoms with Crippen LogP contribution in [-0.2, 0) is 16.0 Å². The zero-order valence-electron chi connectivity index (χ0n) is 13.8. The molecule has 7 heteroatoms. The van der Waals surface area contributed by atoms with Gasteiger partial charge in [-0.15, -0.1) is 0 Å². The average Bonchev–Trinajstić information content (AvgIpc) is 2.99. The van der Waals surface area contributed by atoms with Crippen LogP contribution in [0.25, 0.3) is 0 Å². The molecule has 0 bridgehead atoms. The lowest BCUT2D eigenvalue weighted by atomic mass is 10.1. The molecule has 1 N–H and O–H groups in total. The minimum Gasteiger partial charge on any atom is -0.355 e. The number of carbonyl (C=O) groups is 2. The van der Waals surface area contributed by atoms with Gasteiger partial charge in [-0.05, 0) is 48.4 Å². The van der Waals surface area contributed by atoms with Gasteiger partial charge in [0, 0.05) is 35.2 Å². The van der Waals surface area contributed by atoms with Gasteiger partial charge in [-0.2, -0.15) is 0 Å². The maximum atomic E-state index is 13.0. The summed E-state index contributed by atoms with van der Waals surface area (Å²) in [5.74, 6) is -1.10. The Bertz CT molecular complexity index is 827. The van der Waals surface area contributed by atoms with Crippen molar-refractivity contribution in [2.24, 2.45) is 5.92 Å². The fourth-order valence-electron chi connectivity index (χ4n) is 2.94. The van der Waals surface area contributed by atoms with Gasteiger partial charge in [-0.25, -0.2) is 4.39 Å². The highest BCUT2D eigenvalue weighted by molar-refractivity contribution is 6.35. The quantitative estimate of drug-likeness (QED) is 0.837. The van der Waals surface area contributed by atoms with Crippen molar-refractivity contribution < 1.29 is 14.0 Å². The predicted octanol–water partition coefficient (Wildman–Crippen LogP) is 3.84. The number of benzene rings is 2. The molecular formula is C19H17Cl2FN2O2. The fraction of sp³-hybridized carbons (Fsp3) is 0.263. The summed E-state index contributed by atoms with van der Waals surface area (Å²) >= 11 is 12.0. The SMILES string of the molecule is O=C(NCCc1ccc(Cl)cc1Cl)C1CC(=O)N(c2ccc(F)cc2)C1. The van der Waals surface area contributed by atoms with Crippen molar-refractivity contribution >= 4 is 40.7 Å². The first-order valence-electron chi connectivity index (χ1n) is 8.21. The van der Waals surface area contributed by atoms with Gasteiger partial charge >= 0.3 is 0 Å². The number of nitrogens with one attached hydrogen (secondary N) is 1. The molecule has 0 aromatic heterocycles. The molecule has 0 radical (unpaired) electrons. The van der Waals surface area contributed by atoms with E-state index >= 15 is 0 Å². The second-order valence-electron chi connectivity index (χ2n) is 6.16. The molecule has 2 amide bonds. The zero-order valence-corrected chi connectivity index (χ0v) is 15.4. The summed E-state index contributed by atoms with van der Waals surface area (Å²) in [6.45, 7) is 0.708. The molecule has 2 aromatic rings. The second kappa shape index (κ2) is 8.06. The summed E-state index contributed by atoms with van der Waals surface area (Å²) in [6, 6.07) is 10.9. The largest absolute Gasteiger partial charge is 0.355 e. The van der Waals surface area contributed by atoms with Gasteiger partial charge in [0.2, 0.25) is 11.8 Å². The Morgan fingerprint density at radius 3 is 2.62 bits per heavy atom. The van der Waals surface area contributed by atoms with Crippen LogP contribution in [0.3, 0.4) is 0 Å². The van der Waals surface area contributed by atoms with Crippen LogP contribution in [0.4, 0.5) is 10.1 Å². The molecule has 1 unspecified atom stereocenters. The van der Waals surface area contributed by atoms with Crippen LogP contribution in [0.1, 0.15) is 12.0 Å². The maximum absolute atomic E-state index is 13.0. The first-order chi connectivity index (χ1) is 12.4. The van der Waals surface area contributed by atoms with Gasteiger partial charge in [0.05, 0.1) is 5.92 Å². The van der Waals surface area contributed by atoms with Crippen molar-refractivity contribution in [3.63, 3.8) is 0 Å². The van der Waals surface area contributed by atoms with E-state index in [1.165, 1.54) is 29.2 Å². The van der Waals surface area contributed by atoms with E-state index in [-0.39, 0.29) is 30.6 Å². The van der Waals surface area contributed by atoms with Gasteiger partial charge < -0.3 is 10.2 Å².